The number of carbonyl (C=O) groups excluding carboxylic acids is 1. The summed E-state index contributed by atoms with van der Waals surface area (Å²) >= 11 is 3.05. The van der Waals surface area contributed by atoms with E-state index >= 15 is 0 Å². The minimum Gasteiger partial charge on any atom is -0.325 e. The molecule has 0 saturated carbocycles. The molecule has 1 N–H and O–H groups in total. The molecular formula is C22H25FN4OS2. The van der Waals surface area contributed by atoms with Crippen LogP contribution in [0.5, 0.6) is 0 Å². The number of thioether (sulfide) groups is 2. The molecule has 0 saturated heterocycles. The summed E-state index contributed by atoms with van der Waals surface area (Å²) < 4.78 is 14.9. The van der Waals surface area contributed by atoms with Crippen LogP contribution >= 0.6 is 23.5 Å². The lowest BCUT2D eigenvalue weighted by molar-refractivity contribution is -0.113. The maximum Gasteiger partial charge on any atom is 0.234 e. The highest BCUT2D eigenvalue weighted by Gasteiger charge is 2.12. The molecule has 3 rings (SSSR count). The molecule has 158 valence electrons. The molecular weight excluding hydrogens is 419 g/mol. The Morgan fingerprint density at radius 1 is 1.07 bits per heavy atom. The minimum atomic E-state index is -0.227. The van der Waals surface area contributed by atoms with Crippen molar-refractivity contribution in [2.24, 2.45) is 7.05 Å². The van der Waals surface area contributed by atoms with Crippen molar-refractivity contribution in [1.29, 1.82) is 0 Å². The van der Waals surface area contributed by atoms with E-state index in [1.807, 2.05) is 35.9 Å². The molecule has 3 aromatic rings. The number of benzene rings is 2. The van der Waals surface area contributed by atoms with E-state index < -0.39 is 0 Å². The summed E-state index contributed by atoms with van der Waals surface area (Å²) in [6.45, 7) is 4.28. The summed E-state index contributed by atoms with van der Waals surface area (Å²) in [6, 6.07) is 14.4. The SMILES string of the molecule is CC(C)c1ccc(NC(=O)CSc2nnc(CSCc3ccc(F)cc3)n2C)cc1. The zero-order chi connectivity index (χ0) is 21.5. The fourth-order valence-electron chi connectivity index (χ4n) is 2.72. The second-order valence-electron chi connectivity index (χ2n) is 7.19. The van der Waals surface area contributed by atoms with Crippen LogP contribution in [0.4, 0.5) is 10.1 Å². The molecule has 0 spiro atoms. The van der Waals surface area contributed by atoms with Gasteiger partial charge in [-0.3, -0.25) is 4.79 Å². The first-order valence-corrected chi connectivity index (χ1v) is 11.8. The van der Waals surface area contributed by atoms with E-state index in [0.29, 0.717) is 16.8 Å². The highest BCUT2D eigenvalue weighted by atomic mass is 32.2. The summed E-state index contributed by atoms with van der Waals surface area (Å²) in [5.41, 5.74) is 3.10. The molecule has 0 atom stereocenters. The largest absolute Gasteiger partial charge is 0.325 e. The number of hydrogen-bond donors (Lipinski definition) is 1. The van der Waals surface area contributed by atoms with Gasteiger partial charge in [0.2, 0.25) is 5.91 Å². The topological polar surface area (TPSA) is 59.8 Å². The quantitative estimate of drug-likeness (QED) is 0.457. The van der Waals surface area contributed by atoms with Gasteiger partial charge in [-0.15, -0.1) is 22.0 Å². The maximum atomic E-state index is 13.0. The van der Waals surface area contributed by atoms with Crippen LogP contribution in [0.25, 0.3) is 0 Å². The van der Waals surface area contributed by atoms with Crippen molar-refractivity contribution < 1.29 is 9.18 Å². The van der Waals surface area contributed by atoms with E-state index in [9.17, 15) is 9.18 Å². The van der Waals surface area contributed by atoms with Gasteiger partial charge < -0.3 is 9.88 Å². The molecule has 2 aromatic carbocycles. The number of aromatic nitrogens is 3. The van der Waals surface area contributed by atoms with Gasteiger partial charge in [0, 0.05) is 18.5 Å². The second-order valence-corrected chi connectivity index (χ2v) is 9.12. The van der Waals surface area contributed by atoms with Crippen molar-refractivity contribution in [3.05, 3.63) is 71.3 Å². The van der Waals surface area contributed by atoms with E-state index in [1.165, 1.54) is 29.5 Å². The fourth-order valence-corrected chi connectivity index (χ4v) is 4.41. The van der Waals surface area contributed by atoms with E-state index in [4.69, 9.17) is 0 Å². The first-order valence-electron chi connectivity index (χ1n) is 9.65. The third kappa shape index (κ3) is 6.34. The average molecular weight is 445 g/mol. The van der Waals surface area contributed by atoms with Gasteiger partial charge in [0.05, 0.1) is 11.5 Å². The van der Waals surface area contributed by atoms with Gasteiger partial charge in [0.15, 0.2) is 5.16 Å². The Labute approximate surface area is 184 Å². The molecule has 30 heavy (non-hydrogen) atoms. The Morgan fingerprint density at radius 3 is 2.43 bits per heavy atom. The highest BCUT2D eigenvalue weighted by Crippen LogP contribution is 2.22. The fraction of sp³-hybridized carbons (Fsp3) is 0.318. The minimum absolute atomic E-state index is 0.0764. The Morgan fingerprint density at radius 2 is 1.77 bits per heavy atom. The van der Waals surface area contributed by atoms with Crippen LogP contribution in [0.15, 0.2) is 53.7 Å². The van der Waals surface area contributed by atoms with Crippen LogP contribution in [0.2, 0.25) is 0 Å². The molecule has 1 heterocycles. The lowest BCUT2D eigenvalue weighted by atomic mass is 10.0. The molecule has 0 radical (unpaired) electrons. The number of carbonyl (C=O) groups is 1. The molecule has 0 aliphatic rings. The van der Waals surface area contributed by atoms with E-state index in [-0.39, 0.29) is 17.5 Å². The number of nitrogens with zero attached hydrogens (tertiary/aromatic N) is 3. The molecule has 0 unspecified atom stereocenters. The highest BCUT2D eigenvalue weighted by molar-refractivity contribution is 7.99. The third-order valence-electron chi connectivity index (χ3n) is 4.53. The van der Waals surface area contributed by atoms with Gasteiger partial charge in [-0.05, 0) is 41.3 Å². The van der Waals surface area contributed by atoms with Crippen molar-refractivity contribution in [2.75, 3.05) is 11.1 Å². The van der Waals surface area contributed by atoms with Crippen LogP contribution in [0.3, 0.4) is 0 Å². The molecule has 0 bridgehead atoms. The van der Waals surface area contributed by atoms with Gasteiger partial charge in [-0.1, -0.05) is 49.9 Å². The summed E-state index contributed by atoms with van der Waals surface area (Å²) in [5, 5.41) is 12.0. The predicted molar refractivity (Wildman–Crippen MR) is 122 cm³/mol. The van der Waals surface area contributed by atoms with Gasteiger partial charge in [0.1, 0.15) is 11.6 Å². The molecule has 0 fully saturated rings. The first-order chi connectivity index (χ1) is 14.4. The van der Waals surface area contributed by atoms with Crippen LogP contribution in [0, 0.1) is 5.82 Å². The van der Waals surface area contributed by atoms with Crippen molar-refractivity contribution >= 4 is 35.1 Å². The van der Waals surface area contributed by atoms with Crippen LogP contribution < -0.4 is 5.32 Å². The average Bonchev–Trinajstić information content (AvgIpc) is 3.08. The molecule has 5 nitrogen and oxygen atoms in total. The van der Waals surface area contributed by atoms with Crippen molar-refractivity contribution in [2.45, 2.75) is 36.4 Å². The van der Waals surface area contributed by atoms with Crippen LogP contribution in [-0.4, -0.2) is 26.4 Å². The van der Waals surface area contributed by atoms with E-state index in [1.54, 1.807) is 23.9 Å². The maximum absolute atomic E-state index is 13.0. The normalized spacial score (nSPS) is 11.1. The van der Waals surface area contributed by atoms with Gasteiger partial charge in [-0.25, -0.2) is 4.39 Å². The van der Waals surface area contributed by atoms with Crippen LogP contribution in [0.1, 0.15) is 36.7 Å². The number of anilines is 1. The zero-order valence-electron chi connectivity index (χ0n) is 17.3. The smallest absolute Gasteiger partial charge is 0.234 e. The van der Waals surface area contributed by atoms with Gasteiger partial charge in [-0.2, -0.15) is 0 Å². The number of nitrogens with one attached hydrogen (secondary N) is 1. The van der Waals surface area contributed by atoms with Gasteiger partial charge in [0.25, 0.3) is 0 Å². The summed E-state index contributed by atoms with van der Waals surface area (Å²) in [5.74, 6) is 2.73. The first kappa shape index (κ1) is 22.4. The van der Waals surface area contributed by atoms with Gasteiger partial charge >= 0.3 is 0 Å². The molecule has 0 aliphatic carbocycles. The van der Waals surface area contributed by atoms with E-state index in [2.05, 4.69) is 29.4 Å². The monoisotopic (exact) mass is 444 g/mol. The zero-order valence-corrected chi connectivity index (χ0v) is 18.9. The Balaban J connectivity index is 1.46. The summed E-state index contributed by atoms with van der Waals surface area (Å²) in [4.78, 5) is 12.3. The van der Waals surface area contributed by atoms with E-state index in [0.717, 1.165) is 22.8 Å². The Bertz CT molecular complexity index is 972. The number of halogens is 1. The molecule has 0 aliphatic heterocycles. The predicted octanol–water partition coefficient (Wildman–Crippen LogP) is 5.24. The number of hydrogen-bond acceptors (Lipinski definition) is 5. The lowest BCUT2D eigenvalue weighted by Crippen LogP contribution is -2.14. The summed E-state index contributed by atoms with van der Waals surface area (Å²) in [7, 11) is 1.90. The van der Waals surface area contributed by atoms with Crippen molar-refractivity contribution in [3.8, 4) is 0 Å². The number of rotatable bonds is 9. The third-order valence-corrected chi connectivity index (χ3v) is 6.55. The second kappa shape index (κ2) is 10.6. The molecule has 8 heteroatoms. The Hall–Kier alpha value is -2.32. The van der Waals surface area contributed by atoms with Crippen LogP contribution in [-0.2, 0) is 23.3 Å². The molecule has 1 aromatic heterocycles. The number of amides is 1. The lowest BCUT2D eigenvalue weighted by Gasteiger charge is -2.08. The Kier molecular flexibility index (Phi) is 7.93. The van der Waals surface area contributed by atoms with Crippen molar-refractivity contribution in [1.82, 2.24) is 14.8 Å². The molecule has 1 amide bonds. The standard InChI is InChI=1S/C22H25FN4OS2/c1-15(2)17-6-10-19(11-7-17)24-21(28)14-30-22-26-25-20(27(22)3)13-29-12-16-4-8-18(23)9-5-16/h4-11,15H,12-14H2,1-3H3,(H,24,28). The van der Waals surface area contributed by atoms with Crippen molar-refractivity contribution in [3.63, 3.8) is 0 Å². The summed E-state index contributed by atoms with van der Waals surface area (Å²) in [6.07, 6.45) is 0.